The van der Waals surface area contributed by atoms with Crippen LogP contribution in [0.4, 0.5) is 11.4 Å². The third kappa shape index (κ3) is 2.89. The van der Waals surface area contributed by atoms with Crippen LogP contribution in [0.1, 0.15) is 10.4 Å². The van der Waals surface area contributed by atoms with Gasteiger partial charge in [0, 0.05) is 17.7 Å². The Labute approximate surface area is 137 Å². The van der Waals surface area contributed by atoms with Crippen molar-refractivity contribution in [3.63, 3.8) is 0 Å². The molecule has 0 saturated carbocycles. The maximum atomic E-state index is 12.6. The normalized spacial score (nSPS) is 10.4. The Morgan fingerprint density at radius 2 is 1.83 bits per heavy atom. The van der Waals surface area contributed by atoms with Crippen molar-refractivity contribution in [3.05, 3.63) is 76.3 Å². The summed E-state index contributed by atoms with van der Waals surface area (Å²) < 4.78 is 5.17. The molecule has 0 bridgehead atoms. The average Bonchev–Trinajstić information content (AvgIpc) is 2.61. The predicted molar refractivity (Wildman–Crippen MR) is 91.5 cm³/mol. The molecular weight excluding hydrogens is 308 g/mol. The van der Waals surface area contributed by atoms with Gasteiger partial charge in [-0.25, -0.2) is 0 Å². The van der Waals surface area contributed by atoms with E-state index in [-0.39, 0.29) is 17.3 Å². The van der Waals surface area contributed by atoms with Gasteiger partial charge in [0.25, 0.3) is 11.6 Å². The van der Waals surface area contributed by atoms with Crippen LogP contribution in [0.25, 0.3) is 10.8 Å². The molecule has 24 heavy (non-hydrogen) atoms. The van der Waals surface area contributed by atoms with Gasteiger partial charge in [0.05, 0.1) is 17.7 Å². The summed E-state index contributed by atoms with van der Waals surface area (Å²) in [4.78, 5) is 23.1. The second kappa shape index (κ2) is 6.37. The number of benzene rings is 3. The number of amides is 1. The summed E-state index contributed by atoms with van der Waals surface area (Å²) in [6.45, 7) is 0. The summed E-state index contributed by atoms with van der Waals surface area (Å²) in [5.41, 5.74) is 0.621. The van der Waals surface area contributed by atoms with E-state index in [0.717, 1.165) is 10.8 Å². The van der Waals surface area contributed by atoms with Crippen LogP contribution in [-0.4, -0.2) is 17.9 Å². The number of rotatable bonds is 4. The Balaban J connectivity index is 2.00. The number of non-ortho nitro benzene ring substituents is 1. The van der Waals surface area contributed by atoms with Crippen LogP contribution in [0.3, 0.4) is 0 Å². The van der Waals surface area contributed by atoms with Crippen molar-refractivity contribution in [2.24, 2.45) is 0 Å². The standard InChI is InChI=1S/C18H14N2O4/c1-24-17-10-9-13(20(22)23)11-16(17)19-18(21)15-8-4-6-12-5-2-3-7-14(12)15/h2-11H,1H3,(H,19,21). The molecule has 1 amide bonds. The summed E-state index contributed by atoms with van der Waals surface area (Å²) in [6.07, 6.45) is 0. The van der Waals surface area contributed by atoms with E-state index in [9.17, 15) is 14.9 Å². The molecule has 0 aromatic heterocycles. The number of nitro groups is 1. The van der Waals surface area contributed by atoms with E-state index in [1.165, 1.54) is 25.3 Å². The lowest BCUT2D eigenvalue weighted by Crippen LogP contribution is -2.13. The lowest BCUT2D eigenvalue weighted by molar-refractivity contribution is -0.384. The van der Waals surface area contributed by atoms with Gasteiger partial charge in [-0.1, -0.05) is 36.4 Å². The van der Waals surface area contributed by atoms with Gasteiger partial charge < -0.3 is 10.1 Å². The highest BCUT2D eigenvalue weighted by Gasteiger charge is 2.16. The molecule has 3 aromatic rings. The van der Waals surface area contributed by atoms with Crippen molar-refractivity contribution in [2.45, 2.75) is 0 Å². The van der Waals surface area contributed by atoms with Gasteiger partial charge in [-0.15, -0.1) is 0 Å². The maximum absolute atomic E-state index is 12.6. The van der Waals surface area contributed by atoms with E-state index < -0.39 is 4.92 Å². The highest BCUT2D eigenvalue weighted by Crippen LogP contribution is 2.30. The first-order chi connectivity index (χ1) is 11.6. The smallest absolute Gasteiger partial charge is 0.271 e. The molecule has 0 atom stereocenters. The third-order valence-corrected chi connectivity index (χ3v) is 3.68. The topological polar surface area (TPSA) is 81.5 Å². The van der Waals surface area contributed by atoms with E-state index in [4.69, 9.17) is 4.74 Å². The number of carbonyl (C=O) groups excluding carboxylic acids is 1. The molecule has 0 spiro atoms. The van der Waals surface area contributed by atoms with E-state index in [1.807, 2.05) is 30.3 Å². The number of fused-ring (bicyclic) bond motifs is 1. The molecule has 0 fully saturated rings. The first-order valence-electron chi connectivity index (χ1n) is 7.21. The zero-order valence-corrected chi connectivity index (χ0v) is 12.9. The highest BCUT2D eigenvalue weighted by atomic mass is 16.6. The molecule has 6 heteroatoms. The van der Waals surface area contributed by atoms with Gasteiger partial charge in [0.15, 0.2) is 0 Å². The summed E-state index contributed by atoms with van der Waals surface area (Å²) >= 11 is 0. The third-order valence-electron chi connectivity index (χ3n) is 3.68. The number of ether oxygens (including phenoxy) is 1. The van der Waals surface area contributed by atoms with Crippen LogP contribution < -0.4 is 10.1 Å². The number of methoxy groups -OCH3 is 1. The van der Waals surface area contributed by atoms with E-state index in [0.29, 0.717) is 11.3 Å². The van der Waals surface area contributed by atoms with Gasteiger partial charge in [0.2, 0.25) is 0 Å². The van der Waals surface area contributed by atoms with Gasteiger partial charge in [-0.2, -0.15) is 0 Å². The van der Waals surface area contributed by atoms with Gasteiger partial charge in [-0.3, -0.25) is 14.9 Å². The second-order valence-corrected chi connectivity index (χ2v) is 5.12. The average molecular weight is 322 g/mol. The minimum absolute atomic E-state index is 0.121. The highest BCUT2D eigenvalue weighted by molar-refractivity contribution is 6.13. The molecule has 1 N–H and O–H groups in total. The SMILES string of the molecule is COc1ccc([N+](=O)[O-])cc1NC(=O)c1cccc2ccccc12. The van der Waals surface area contributed by atoms with Crippen molar-refractivity contribution in [2.75, 3.05) is 12.4 Å². The number of nitro benzene ring substituents is 1. The van der Waals surface area contributed by atoms with Gasteiger partial charge in [0.1, 0.15) is 5.75 Å². The Morgan fingerprint density at radius 3 is 2.58 bits per heavy atom. The van der Waals surface area contributed by atoms with Crippen molar-refractivity contribution in [1.29, 1.82) is 0 Å². The second-order valence-electron chi connectivity index (χ2n) is 5.12. The Morgan fingerprint density at radius 1 is 1.08 bits per heavy atom. The van der Waals surface area contributed by atoms with E-state index >= 15 is 0 Å². The van der Waals surface area contributed by atoms with Crippen molar-refractivity contribution in [3.8, 4) is 5.75 Å². The number of nitrogens with one attached hydrogen (secondary N) is 1. The van der Waals surface area contributed by atoms with Crippen LogP contribution in [0, 0.1) is 10.1 Å². The van der Waals surface area contributed by atoms with Crippen LogP contribution in [0.2, 0.25) is 0 Å². The zero-order chi connectivity index (χ0) is 17.1. The largest absolute Gasteiger partial charge is 0.495 e. The Kier molecular flexibility index (Phi) is 4.11. The molecule has 0 heterocycles. The molecule has 0 aliphatic rings. The molecule has 0 aliphatic heterocycles. The fourth-order valence-corrected chi connectivity index (χ4v) is 2.52. The van der Waals surface area contributed by atoms with Gasteiger partial charge >= 0.3 is 0 Å². The number of hydrogen-bond acceptors (Lipinski definition) is 4. The Bertz CT molecular complexity index is 932. The van der Waals surface area contributed by atoms with Crippen LogP contribution in [0.5, 0.6) is 5.75 Å². The van der Waals surface area contributed by atoms with E-state index in [1.54, 1.807) is 12.1 Å². The summed E-state index contributed by atoms with van der Waals surface area (Å²) in [5, 5.41) is 15.4. The number of anilines is 1. The Hall–Kier alpha value is -3.41. The summed E-state index contributed by atoms with van der Waals surface area (Å²) in [5.74, 6) is -0.000199. The minimum Gasteiger partial charge on any atom is -0.495 e. The molecule has 0 unspecified atom stereocenters. The van der Waals surface area contributed by atoms with Crippen LogP contribution in [-0.2, 0) is 0 Å². The molecule has 3 rings (SSSR count). The van der Waals surface area contributed by atoms with Crippen LogP contribution in [0.15, 0.2) is 60.7 Å². The molecule has 0 saturated heterocycles. The summed E-state index contributed by atoms with van der Waals surface area (Å²) in [7, 11) is 1.44. The molecule has 120 valence electrons. The van der Waals surface area contributed by atoms with Crippen LogP contribution >= 0.6 is 0 Å². The van der Waals surface area contributed by atoms with Gasteiger partial charge in [-0.05, 0) is 22.9 Å². The van der Waals surface area contributed by atoms with Crippen molar-refractivity contribution < 1.29 is 14.5 Å². The molecule has 0 aliphatic carbocycles. The molecule has 0 radical (unpaired) electrons. The monoisotopic (exact) mass is 322 g/mol. The number of hydrogen-bond donors (Lipinski definition) is 1. The maximum Gasteiger partial charge on any atom is 0.271 e. The minimum atomic E-state index is -0.521. The molecule has 3 aromatic carbocycles. The first kappa shape index (κ1) is 15.5. The quantitative estimate of drug-likeness (QED) is 0.581. The summed E-state index contributed by atoms with van der Waals surface area (Å²) in [6, 6.07) is 17.0. The van der Waals surface area contributed by atoms with Crippen molar-refractivity contribution in [1.82, 2.24) is 0 Å². The molecule has 6 nitrogen and oxygen atoms in total. The zero-order valence-electron chi connectivity index (χ0n) is 12.9. The number of carbonyl (C=O) groups is 1. The van der Waals surface area contributed by atoms with E-state index in [2.05, 4.69) is 5.32 Å². The first-order valence-corrected chi connectivity index (χ1v) is 7.21. The lowest BCUT2D eigenvalue weighted by Gasteiger charge is -2.11. The fourth-order valence-electron chi connectivity index (χ4n) is 2.52. The number of nitrogens with zero attached hydrogens (tertiary/aromatic N) is 1. The predicted octanol–water partition coefficient (Wildman–Crippen LogP) is 4.01. The molecular formula is C18H14N2O4. The fraction of sp³-hybridized carbons (Fsp3) is 0.0556. The van der Waals surface area contributed by atoms with Crippen molar-refractivity contribution >= 4 is 28.1 Å². The lowest BCUT2D eigenvalue weighted by atomic mass is 10.0.